The van der Waals surface area contributed by atoms with E-state index in [1.54, 1.807) is 17.5 Å². The lowest BCUT2D eigenvalue weighted by atomic mass is 10.1. The molecule has 23 heavy (non-hydrogen) atoms. The maximum absolute atomic E-state index is 12.7. The van der Waals surface area contributed by atoms with Crippen LogP contribution in [0.15, 0.2) is 29.8 Å². The molecular formula is C17H20N2O3S. The number of ether oxygens (including phenoxy) is 2. The minimum Gasteiger partial charge on any atom is -0.454 e. The Labute approximate surface area is 139 Å². The fourth-order valence-electron chi connectivity index (χ4n) is 2.53. The molecule has 122 valence electrons. The van der Waals surface area contributed by atoms with Gasteiger partial charge in [0.25, 0.3) is 0 Å². The second-order valence-electron chi connectivity index (χ2n) is 5.96. The van der Waals surface area contributed by atoms with E-state index in [0.717, 1.165) is 22.9 Å². The van der Waals surface area contributed by atoms with Gasteiger partial charge in [-0.3, -0.25) is 4.79 Å². The first-order chi connectivity index (χ1) is 11.1. The molecule has 3 rings (SSSR count). The van der Waals surface area contributed by atoms with Crippen LogP contribution in [0.4, 0.5) is 0 Å². The zero-order chi connectivity index (χ0) is 16.2. The number of aromatic nitrogens is 1. The summed E-state index contributed by atoms with van der Waals surface area (Å²) in [5, 5.41) is 2.90. The van der Waals surface area contributed by atoms with Gasteiger partial charge in [-0.15, -0.1) is 11.3 Å². The number of carbonyl (C=O) groups excluding carboxylic acids is 1. The summed E-state index contributed by atoms with van der Waals surface area (Å²) in [7, 11) is 0. The van der Waals surface area contributed by atoms with Crippen molar-refractivity contribution in [1.82, 2.24) is 9.88 Å². The van der Waals surface area contributed by atoms with Crippen LogP contribution in [0.3, 0.4) is 0 Å². The molecule has 1 aromatic carbocycles. The van der Waals surface area contributed by atoms with E-state index in [1.165, 1.54) is 0 Å². The molecule has 0 bridgehead atoms. The fraction of sp³-hybridized carbons (Fsp3) is 0.412. The Balaban J connectivity index is 1.69. The molecule has 0 atom stereocenters. The van der Waals surface area contributed by atoms with Crippen LogP contribution in [-0.2, 0) is 17.8 Å². The highest BCUT2D eigenvalue weighted by Crippen LogP contribution is 2.32. The van der Waals surface area contributed by atoms with Crippen molar-refractivity contribution < 1.29 is 14.3 Å². The molecule has 0 N–H and O–H groups in total. The van der Waals surface area contributed by atoms with Crippen LogP contribution >= 0.6 is 11.3 Å². The minimum atomic E-state index is 0.104. The summed E-state index contributed by atoms with van der Waals surface area (Å²) in [4.78, 5) is 18.9. The molecular weight excluding hydrogens is 312 g/mol. The standard InChI is InChI=1S/C17H20N2O3S/c1-12(2)9-19(10-16-18-5-6-23-16)17(20)8-13-3-4-14-15(7-13)22-11-21-14/h3-7,12H,8-11H2,1-2H3. The molecule has 0 radical (unpaired) electrons. The van der Waals surface area contributed by atoms with Gasteiger partial charge in [0.05, 0.1) is 13.0 Å². The highest BCUT2D eigenvalue weighted by molar-refractivity contribution is 7.09. The molecule has 6 heteroatoms. The van der Waals surface area contributed by atoms with Crippen LogP contribution in [-0.4, -0.2) is 29.1 Å². The lowest BCUT2D eigenvalue weighted by Gasteiger charge is -2.23. The molecule has 2 heterocycles. The first kappa shape index (κ1) is 15.8. The third-order valence-corrected chi connectivity index (χ3v) is 4.30. The van der Waals surface area contributed by atoms with Gasteiger partial charge in [0, 0.05) is 18.1 Å². The Kier molecular flexibility index (Phi) is 4.81. The molecule has 0 spiro atoms. The molecule has 0 saturated carbocycles. The molecule has 2 aromatic rings. The highest BCUT2D eigenvalue weighted by Gasteiger charge is 2.19. The van der Waals surface area contributed by atoms with Gasteiger partial charge in [0.15, 0.2) is 11.5 Å². The van der Waals surface area contributed by atoms with Crippen molar-refractivity contribution in [3.05, 3.63) is 40.3 Å². The third kappa shape index (κ3) is 4.01. The van der Waals surface area contributed by atoms with E-state index in [-0.39, 0.29) is 12.7 Å². The first-order valence-corrected chi connectivity index (χ1v) is 8.54. The first-order valence-electron chi connectivity index (χ1n) is 7.66. The number of hydrogen-bond acceptors (Lipinski definition) is 5. The summed E-state index contributed by atoms with van der Waals surface area (Å²) in [5.74, 6) is 1.97. The average Bonchev–Trinajstić information content (AvgIpc) is 3.16. The van der Waals surface area contributed by atoms with Gasteiger partial charge < -0.3 is 14.4 Å². The van der Waals surface area contributed by atoms with Crippen molar-refractivity contribution in [1.29, 1.82) is 0 Å². The van der Waals surface area contributed by atoms with Crippen molar-refractivity contribution in [2.75, 3.05) is 13.3 Å². The van der Waals surface area contributed by atoms with Crippen LogP contribution in [0, 0.1) is 5.92 Å². The van der Waals surface area contributed by atoms with Crippen LogP contribution in [0.5, 0.6) is 11.5 Å². The Morgan fingerprint density at radius 2 is 2.17 bits per heavy atom. The second kappa shape index (κ2) is 7.00. The van der Waals surface area contributed by atoms with Crippen molar-refractivity contribution in [3.8, 4) is 11.5 Å². The maximum atomic E-state index is 12.7. The molecule has 0 saturated heterocycles. The van der Waals surface area contributed by atoms with E-state index in [2.05, 4.69) is 18.8 Å². The van der Waals surface area contributed by atoms with E-state index >= 15 is 0 Å². The quantitative estimate of drug-likeness (QED) is 0.816. The van der Waals surface area contributed by atoms with Crippen molar-refractivity contribution in [2.45, 2.75) is 26.8 Å². The van der Waals surface area contributed by atoms with E-state index in [0.29, 0.717) is 24.6 Å². The van der Waals surface area contributed by atoms with Gasteiger partial charge in [-0.25, -0.2) is 4.98 Å². The minimum absolute atomic E-state index is 0.104. The summed E-state index contributed by atoms with van der Waals surface area (Å²) < 4.78 is 10.7. The fourth-order valence-corrected chi connectivity index (χ4v) is 3.16. The molecule has 1 aromatic heterocycles. The molecule has 1 aliphatic rings. The maximum Gasteiger partial charge on any atom is 0.231 e. The molecule has 0 fully saturated rings. The molecule has 0 aliphatic carbocycles. The SMILES string of the molecule is CC(C)CN(Cc1nccs1)C(=O)Cc1ccc2c(c1)OCO2. The van der Waals surface area contributed by atoms with Crippen molar-refractivity contribution in [2.24, 2.45) is 5.92 Å². The second-order valence-corrected chi connectivity index (χ2v) is 6.94. The monoisotopic (exact) mass is 332 g/mol. The number of benzene rings is 1. The van der Waals surface area contributed by atoms with E-state index in [4.69, 9.17) is 9.47 Å². The lowest BCUT2D eigenvalue weighted by Crippen LogP contribution is -2.34. The molecule has 1 amide bonds. The zero-order valence-corrected chi connectivity index (χ0v) is 14.1. The molecule has 5 nitrogen and oxygen atoms in total. The van der Waals surface area contributed by atoms with Gasteiger partial charge in [-0.1, -0.05) is 19.9 Å². The van der Waals surface area contributed by atoms with E-state index < -0.39 is 0 Å². The predicted molar refractivity (Wildman–Crippen MR) is 88.6 cm³/mol. The third-order valence-electron chi connectivity index (χ3n) is 3.54. The number of nitrogens with zero attached hydrogens (tertiary/aromatic N) is 2. The van der Waals surface area contributed by atoms with Crippen LogP contribution in [0.25, 0.3) is 0 Å². The summed E-state index contributed by atoms with van der Waals surface area (Å²) >= 11 is 1.58. The Morgan fingerprint density at radius 3 is 2.91 bits per heavy atom. The molecule has 1 aliphatic heterocycles. The number of fused-ring (bicyclic) bond motifs is 1. The number of amides is 1. The van der Waals surface area contributed by atoms with Crippen molar-refractivity contribution in [3.63, 3.8) is 0 Å². The summed E-state index contributed by atoms with van der Waals surface area (Å²) in [5.41, 5.74) is 0.937. The predicted octanol–water partition coefficient (Wildman–Crippen LogP) is 3.10. The normalized spacial score (nSPS) is 12.7. The smallest absolute Gasteiger partial charge is 0.231 e. The van der Waals surface area contributed by atoms with Crippen LogP contribution < -0.4 is 9.47 Å². The van der Waals surface area contributed by atoms with Gasteiger partial charge in [-0.2, -0.15) is 0 Å². The van der Waals surface area contributed by atoms with E-state index in [1.807, 2.05) is 28.5 Å². The highest BCUT2D eigenvalue weighted by atomic mass is 32.1. The van der Waals surface area contributed by atoms with Crippen LogP contribution in [0.1, 0.15) is 24.4 Å². The van der Waals surface area contributed by atoms with Crippen LogP contribution in [0.2, 0.25) is 0 Å². The summed E-state index contributed by atoms with van der Waals surface area (Å²) in [6.45, 7) is 5.77. The van der Waals surface area contributed by atoms with E-state index in [9.17, 15) is 4.79 Å². The summed E-state index contributed by atoms with van der Waals surface area (Å²) in [6.07, 6.45) is 2.13. The van der Waals surface area contributed by atoms with Gasteiger partial charge in [0.1, 0.15) is 5.01 Å². The number of hydrogen-bond donors (Lipinski definition) is 0. The van der Waals surface area contributed by atoms with Gasteiger partial charge in [0.2, 0.25) is 12.7 Å². The van der Waals surface area contributed by atoms with Gasteiger partial charge >= 0.3 is 0 Å². The summed E-state index contributed by atoms with van der Waals surface area (Å²) in [6, 6.07) is 5.66. The molecule has 0 unspecified atom stereocenters. The average molecular weight is 332 g/mol. The zero-order valence-electron chi connectivity index (χ0n) is 13.3. The Bertz CT molecular complexity index is 670. The number of carbonyl (C=O) groups is 1. The van der Waals surface area contributed by atoms with Crippen molar-refractivity contribution >= 4 is 17.2 Å². The topological polar surface area (TPSA) is 51.7 Å². The Morgan fingerprint density at radius 1 is 1.35 bits per heavy atom. The Hall–Kier alpha value is -2.08. The number of thiazole rings is 1. The largest absolute Gasteiger partial charge is 0.454 e. The van der Waals surface area contributed by atoms with Gasteiger partial charge in [-0.05, 0) is 23.6 Å². The number of rotatable bonds is 6. The lowest BCUT2D eigenvalue weighted by molar-refractivity contribution is -0.131.